The summed E-state index contributed by atoms with van der Waals surface area (Å²) >= 11 is 0. The van der Waals surface area contributed by atoms with Gasteiger partial charge in [0.05, 0.1) is 4.90 Å². The highest BCUT2D eigenvalue weighted by atomic mass is 32.2. The molecule has 0 bridgehead atoms. The van der Waals surface area contributed by atoms with Gasteiger partial charge in [-0.2, -0.15) is 0 Å². The highest BCUT2D eigenvalue weighted by molar-refractivity contribution is 7.89. The van der Waals surface area contributed by atoms with Crippen LogP contribution in [0.3, 0.4) is 0 Å². The number of halogens is 2. The van der Waals surface area contributed by atoms with Crippen molar-refractivity contribution in [1.29, 1.82) is 0 Å². The van der Waals surface area contributed by atoms with Gasteiger partial charge in [0.2, 0.25) is 10.0 Å². The lowest BCUT2D eigenvalue weighted by atomic mass is 10.3. The van der Waals surface area contributed by atoms with Crippen molar-refractivity contribution in [3.63, 3.8) is 0 Å². The van der Waals surface area contributed by atoms with E-state index in [1.165, 1.54) is 0 Å². The van der Waals surface area contributed by atoms with Crippen molar-refractivity contribution in [3.05, 3.63) is 23.8 Å². The van der Waals surface area contributed by atoms with Crippen LogP contribution in [0.5, 0.6) is 5.75 Å². The normalized spacial score (nSPS) is 10.6. The molecular weight excluding hydrogens is 252 g/mol. The number of sulfonamides is 1. The lowest BCUT2D eigenvalue weighted by Crippen LogP contribution is -2.13. The highest BCUT2D eigenvalue weighted by Crippen LogP contribution is 2.24. The van der Waals surface area contributed by atoms with E-state index in [2.05, 4.69) is 11.8 Å². The van der Waals surface area contributed by atoms with Crippen LogP contribution in [0.2, 0.25) is 0 Å². The topological polar surface area (TPSA) is 69.4 Å². The van der Waals surface area contributed by atoms with Gasteiger partial charge in [-0.1, -0.05) is 5.92 Å². The lowest BCUT2D eigenvalue weighted by molar-refractivity contribution is 0.325. The van der Waals surface area contributed by atoms with Crippen molar-refractivity contribution >= 4 is 10.0 Å². The SMILES string of the molecule is CC#CCOc1c(F)cc(S(N)(=O)=O)cc1F. The van der Waals surface area contributed by atoms with Crippen LogP contribution in [0.15, 0.2) is 17.0 Å². The van der Waals surface area contributed by atoms with Crippen LogP contribution < -0.4 is 9.88 Å². The van der Waals surface area contributed by atoms with Crippen LogP contribution in [-0.2, 0) is 10.0 Å². The number of nitrogens with two attached hydrogens (primary N) is 1. The number of hydrogen-bond acceptors (Lipinski definition) is 3. The van der Waals surface area contributed by atoms with E-state index in [9.17, 15) is 17.2 Å². The minimum atomic E-state index is -4.15. The summed E-state index contributed by atoms with van der Waals surface area (Å²) in [5.41, 5.74) is 0. The Morgan fingerprint density at radius 3 is 2.29 bits per heavy atom. The van der Waals surface area contributed by atoms with Crippen LogP contribution in [0.1, 0.15) is 6.92 Å². The molecule has 0 aromatic heterocycles. The average Bonchev–Trinajstić information content (AvgIpc) is 2.20. The van der Waals surface area contributed by atoms with Crippen molar-refractivity contribution in [2.75, 3.05) is 6.61 Å². The van der Waals surface area contributed by atoms with E-state index in [4.69, 9.17) is 9.88 Å². The lowest BCUT2D eigenvalue weighted by Gasteiger charge is -2.06. The summed E-state index contributed by atoms with van der Waals surface area (Å²) in [6.07, 6.45) is 0. The molecule has 0 spiro atoms. The molecule has 17 heavy (non-hydrogen) atoms. The summed E-state index contributed by atoms with van der Waals surface area (Å²) in [7, 11) is -4.15. The molecule has 0 aliphatic rings. The van der Waals surface area contributed by atoms with Crippen LogP contribution in [0, 0.1) is 23.5 Å². The molecular formula is C10H9F2NO3S. The largest absolute Gasteiger partial charge is 0.475 e. The summed E-state index contributed by atoms with van der Waals surface area (Å²) in [5.74, 6) is 1.95. The van der Waals surface area contributed by atoms with E-state index in [1.54, 1.807) is 6.92 Å². The van der Waals surface area contributed by atoms with Crippen molar-refractivity contribution in [2.45, 2.75) is 11.8 Å². The smallest absolute Gasteiger partial charge is 0.238 e. The van der Waals surface area contributed by atoms with Crippen molar-refractivity contribution in [2.24, 2.45) is 5.14 Å². The minimum absolute atomic E-state index is 0.195. The maximum absolute atomic E-state index is 13.3. The molecule has 1 rings (SSSR count). The maximum Gasteiger partial charge on any atom is 0.238 e. The fraction of sp³-hybridized carbons (Fsp3) is 0.200. The molecule has 1 aromatic carbocycles. The summed E-state index contributed by atoms with van der Waals surface area (Å²) in [6.45, 7) is 1.35. The Morgan fingerprint density at radius 1 is 1.35 bits per heavy atom. The first-order valence-corrected chi connectivity index (χ1v) is 5.95. The molecule has 0 unspecified atom stereocenters. The van der Waals surface area contributed by atoms with Gasteiger partial charge in [0.1, 0.15) is 6.61 Å². The first-order valence-electron chi connectivity index (χ1n) is 4.40. The van der Waals surface area contributed by atoms with Crippen LogP contribution in [-0.4, -0.2) is 15.0 Å². The van der Waals surface area contributed by atoms with E-state index in [-0.39, 0.29) is 6.61 Å². The number of benzene rings is 1. The van der Waals surface area contributed by atoms with E-state index in [1.807, 2.05) is 0 Å². The van der Waals surface area contributed by atoms with Gasteiger partial charge in [0.25, 0.3) is 0 Å². The minimum Gasteiger partial charge on any atom is -0.475 e. The average molecular weight is 261 g/mol. The number of primary sulfonamides is 1. The predicted octanol–water partition coefficient (Wildman–Crippen LogP) is 1.01. The van der Waals surface area contributed by atoms with Crippen molar-refractivity contribution in [1.82, 2.24) is 0 Å². The van der Waals surface area contributed by atoms with Crippen LogP contribution in [0.4, 0.5) is 8.78 Å². The van der Waals surface area contributed by atoms with Gasteiger partial charge in [0.15, 0.2) is 17.4 Å². The van der Waals surface area contributed by atoms with Gasteiger partial charge < -0.3 is 4.74 Å². The monoisotopic (exact) mass is 261 g/mol. The molecule has 2 N–H and O–H groups in total. The molecule has 1 aromatic rings. The van der Waals surface area contributed by atoms with E-state index < -0.39 is 32.3 Å². The van der Waals surface area contributed by atoms with Crippen LogP contribution in [0.25, 0.3) is 0 Å². The first-order chi connectivity index (χ1) is 7.86. The molecule has 0 aliphatic heterocycles. The molecule has 4 nitrogen and oxygen atoms in total. The second-order valence-electron chi connectivity index (χ2n) is 2.98. The summed E-state index contributed by atoms with van der Waals surface area (Å²) in [6, 6.07) is 1.18. The van der Waals surface area contributed by atoms with Crippen LogP contribution >= 0.6 is 0 Å². The molecule has 0 heterocycles. The molecule has 0 aliphatic carbocycles. The van der Waals surface area contributed by atoms with E-state index in [0.29, 0.717) is 12.1 Å². The third-order valence-electron chi connectivity index (χ3n) is 1.77. The molecule has 0 atom stereocenters. The molecule has 0 saturated carbocycles. The first kappa shape index (κ1) is 13.4. The fourth-order valence-electron chi connectivity index (χ4n) is 1.02. The summed E-state index contributed by atoms with van der Waals surface area (Å²) < 4.78 is 53.2. The maximum atomic E-state index is 13.3. The summed E-state index contributed by atoms with van der Waals surface area (Å²) in [5, 5.41) is 4.74. The van der Waals surface area contributed by atoms with E-state index >= 15 is 0 Å². The van der Waals surface area contributed by atoms with Gasteiger partial charge in [-0.05, 0) is 19.1 Å². The van der Waals surface area contributed by atoms with Gasteiger partial charge in [-0.3, -0.25) is 0 Å². The Bertz CT molecular complexity index is 564. The zero-order valence-electron chi connectivity index (χ0n) is 8.83. The summed E-state index contributed by atoms with van der Waals surface area (Å²) in [4.78, 5) is -0.651. The van der Waals surface area contributed by atoms with Gasteiger partial charge in [0, 0.05) is 0 Å². The van der Waals surface area contributed by atoms with Crippen molar-refractivity contribution < 1.29 is 21.9 Å². The zero-order chi connectivity index (χ0) is 13.1. The third kappa shape index (κ3) is 3.41. The Morgan fingerprint density at radius 2 is 1.88 bits per heavy atom. The van der Waals surface area contributed by atoms with Crippen molar-refractivity contribution in [3.8, 4) is 17.6 Å². The second kappa shape index (κ2) is 5.12. The Kier molecular flexibility index (Phi) is 4.04. The van der Waals surface area contributed by atoms with Gasteiger partial charge >= 0.3 is 0 Å². The Balaban J connectivity index is 3.14. The molecule has 92 valence electrons. The fourth-order valence-corrected chi connectivity index (χ4v) is 1.55. The molecule has 0 saturated heterocycles. The Hall–Kier alpha value is -1.65. The standard InChI is InChI=1S/C10H9F2NO3S/c1-2-3-4-16-10-8(11)5-7(6-9(10)12)17(13,14)15/h5-6H,4H2,1H3,(H2,13,14,15). The number of hydrogen-bond donors (Lipinski definition) is 1. The zero-order valence-corrected chi connectivity index (χ0v) is 9.64. The Labute approximate surface area is 97.4 Å². The molecule has 7 heteroatoms. The number of ether oxygens (including phenoxy) is 1. The molecule has 0 amide bonds. The third-order valence-corrected chi connectivity index (χ3v) is 2.66. The van der Waals surface area contributed by atoms with Gasteiger partial charge in [-0.15, -0.1) is 5.92 Å². The molecule has 0 fully saturated rings. The predicted molar refractivity (Wildman–Crippen MR) is 56.7 cm³/mol. The quantitative estimate of drug-likeness (QED) is 0.826. The highest BCUT2D eigenvalue weighted by Gasteiger charge is 2.17. The van der Waals surface area contributed by atoms with E-state index in [0.717, 1.165) is 0 Å². The second-order valence-corrected chi connectivity index (χ2v) is 4.54. The van der Waals surface area contributed by atoms with Gasteiger partial charge in [-0.25, -0.2) is 22.3 Å². The molecule has 0 radical (unpaired) electrons. The number of rotatable bonds is 3.